The molecule has 1 N–H and O–H groups in total. The summed E-state index contributed by atoms with van der Waals surface area (Å²) >= 11 is 3.65. The first kappa shape index (κ1) is 15.0. The summed E-state index contributed by atoms with van der Waals surface area (Å²) in [5.74, 6) is 1.78. The molecule has 1 aliphatic rings. The molecule has 3 nitrogen and oxygen atoms in total. The van der Waals surface area contributed by atoms with Crippen LogP contribution in [-0.2, 0) is 13.1 Å². The lowest BCUT2D eigenvalue weighted by Crippen LogP contribution is -2.27. The third-order valence-electron chi connectivity index (χ3n) is 4.22. The summed E-state index contributed by atoms with van der Waals surface area (Å²) in [5.41, 5.74) is 2.37. The number of aromatic nitrogens is 2. The van der Waals surface area contributed by atoms with Crippen LogP contribution in [0.2, 0.25) is 0 Å². The largest absolute Gasteiger partial charge is 0.311 e. The number of hydrogen-bond donors (Lipinski definition) is 1. The minimum absolute atomic E-state index is 0.863. The van der Waals surface area contributed by atoms with Crippen LogP contribution in [-0.4, -0.2) is 16.3 Å². The van der Waals surface area contributed by atoms with E-state index in [0.717, 1.165) is 37.2 Å². The second-order valence-corrected chi connectivity index (χ2v) is 6.72. The van der Waals surface area contributed by atoms with Crippen molar-refractivity contribution in [3.63, 3.8) is 0 Å². The fraction of sp³-hybridized carbons (Fsp3) is 0.800. The number of rotatable bonds is 5. The van der Waals surface area contributed by atoms with Gasteiger partial charge in [0.15, 0.2) is 0 Å². The number of nitrogens with one attached hydrogen (secondary N) is 1. The zero-order valence-electron chi connectivity index (χ0n) is 12.4. The highest BCUT2D eigenvalue weighted by Gasteiger charge is 2.19. The van der Waals surface area contributed by atoms with Crippen LogP contribution in [0.15, 0.2) is 4.47 Å². The lowest BCUT2D eigenvalue weighted by Gasteiger charge is -2.26. The molecule has 4 heteroatoms. The molecule has 0 spiro atoms. The highest BCUT2D eigenvalue weighted by molar-refractivity contribution is 9.10. The first-order valence-corrected chi connectivity index (χ1v) is 8.33. The van der Waals surface area contributed by atoms with Crippen LogP contribution in [0, 0.1) is 18.8 Å². The molecule has 19 heavy (non-hydrogen) atoms. The van der Waals surface area contributed by atoms with E-state index in [-0.39, 0.29) is 0 Å². The fourth-order valence-electron chi connectivity index (χ4n) is 3.18. The Labute approximate surface area is 125 Å². The Hall–Kier alpha value is -0.350. The Balaban J connectivity index is 1.85. The van der Waals surface area contributed by atoms with Gasteiger partial charge in [0, 0.05) is 13.1 Å². The zero-order valence-corrected chi connectivity index (χ0v) is 14.0. The first-order valence-electron chi connectivity index (χ1n) is 7.54. The maximum absolute atomic E-state index is 4.54. The molecule has 1 aliphatic carbocycles. The van der Waals surface area contributed by atoms with E-state index in [1.807, 2.05) is 0 Å². The summed E-state index contributed by atoms with van der Waals surface area (Å²) in [7, 11) is 0. The van der Waals surface area contributed by atoms with Crippen molar-refractivity contribution < 1.29 is 0 Å². The molecule has 0 radical (unpaired) electrons. The van der Waals surface area contributed by atoms with Gasteiger partial charge in [0.05, 0.1) is 15.9 Å². The van der Waals surface area contributed by atoms with Crippen molar-refractivity contribution in [2.45, 2.75) is 59.5 Å². The van der Waals surface area contributed by atoms with Gasteiger partial charge in [0.1, 0.15) is 0 Å². The molecule has 0 aliphatic heterocycles. The van der Waals surface area contributed by atoms with Crippen LogP contribution in [0.3, 0.4) is 0 Å². The predicted octanol–water partition coefficient (Wildman–Crippen LogP) is 3.89. The molecule has 0 bridgehead atoms. The van der Waals surface area contributed by atoms with Crippen molar-refractivity contribution in [2.24, 2.45) is 11.8 Å². The smallest absolute Gasteiger partial charge is 0.0739 e. The fourth-order valence-corrected chi connectivity index (χ4v) is 3.60. The van der Waals surface area contributed by atoms with E-state index >= 15 is 0 Å². The van der Waals surface area contributed by atoms with Gasteiger partial charge in [0.25, 0.3) is 0 Å². The van der Waals surface area contributed by atoms with Crippen molar-refractivity contribution in [2.75, 3.05) is 6.54 Å². The summed E-state index contributed by atoms with van der Waals surface area (Å²) in [6, 6.07) is 0. The van der Waals surface area contributed by atoms with Gasteiger partial charge in [0.2, 0.25) is 0 Å². The van der Waals surface area contributed by atoms with Crippen LogP contribution in [0.4, 0.5) is 0 Å². The molecule has 1 heterocycles. The molecule has 108 valence electrons. The second-order valence-electron chi connectivity index (χ2n) is 5.93. The quantitative estimate of drug-likeness (QED) is 0.889. The van der Waals surface area contributed by atoms with E-state index in [9.17, 15) is 0 Å². The highest BCUT2D eigenvalue weighted by Crippen LogP contribution is 2.28. The number of halogens is 1. The number of aryl methyl sites for hydroxylation is 2. The summed E-state index contributed by atoms with van der Waals surface area (Å²) in [6.07, 6.45) is 5.61. The first-order chi connectivity index (χ1) is 9.11. The van der Waals surface area contributed by atoms with Crippen LogP contribution in [0.25, 0.3) is 0 Å². The van der Waals surface area contributed by atoms with E-state index in [0.29, 0.717) is 0 Å². The summed E-state index contributed by atoms with van der Waals surface area (Å²) < 4.78 is 3.26. The normalized spacial score (nSPS) is 23.8. The van der Waals surface area contributed by atoms with Gasteiger partial charge in [-0.15, -0.1) is 0 Å². The maximum atomic E-state index is 4.54. The van der Waals surface area contributed by atoms with Gasteiger partial charge in [-0.1, -0.05) is 19.8 Å². The Morgan fingerprint density at radius 2 is 2.21 bits per heavy atom. The molecule has 0 aromatic carbocycles. The average molecular weight is 328 g/mol. The topological polar surface area (TPSA) is 29.9 Å². The van der Waals surface area contributed by atoms with Gasteiger partial charge < -0.3 is 5.32 Å². The van der Waals surface area contributed by atoms with Gasteiger partial charge in [-0.2, -0.15) is 5.10 Å². The third-order valence-corrected chi connectivity index (χ3v) is 5.25. The van der Waals surface area contributed by atoms with Crippen molar-refractivity contribution in [3.8, 4) is 0 Å². The lowest BCUT2D eigenvalue weighted by atomic mass is 9.82. The van der Waals surface area contributed by atoms with Gasteiger partial charge in [-0.05, 0) is 61.0 Å². The Morgan fingerprint density at radius 1 is 1.42 bits per heavy atom. The molecule has 1 aromatic heterocycles. The minimum Gasteiger partial charge on any atom is -0.311 e. The molecule has 1 fully saturated rings. The van der Waals surface area contributed by atoms with Crippen LogP contribution in [0.5, 0.6) is 0 Å². The molecule has 2 atom stereocenters. The summed E-state index contributed by atoms with van der Waals surface area (Å²) in [6.45, 7) is 9.58. The highest BCUT2D eigenvalue weighted by atomic mass is 79.9. The Bertz CT molecular complexity index is 414. The molecule has 0 saturated heterocycles. The van der Waals surface area contributed by atoms with Gasteiger partial charge in [-0.25, -0.2) is 0 Å². The minimum atomic E-state index is 0.863. The van der Waals surface area contributed by atoms with Crippen molar-refractivity contribution >= 4 is 15.9 Å². The Kier molecular flexibility index (Phi) is 5.46. The van der Waals surface area contributed by atoms with E-state index in [1.165, 1.54) is 35.8 Å². The lowest BCUT2D eigenvalue weighted by molar-refractivity contribution is 0.273. The molecule has 0 amide bonds. The SMILES string of the molecule is CCn1nc(C)c(Br)c1CNCC1CCCC(C)C1. The maximum Gasteiger partial charge on any atom is 0.0739 e. The second kappa shape index (κ2) is 6.89. The van der Waals surface area contributed by atoms with Gasteiger partial charge in [-0.3, -0.25) is 4.68 Å². The predicted molar refractivity (Wildman–Crippen MR) is 83.2 cm³/mol. The van der Waals surface area contributed by atoms with E-state index in [2.05, 4.69) is 51.8 Å². The molecule has 2 rings (SSSR count). The number of nitrogens with zero attached hydrogens (tertiary/aromatic N) is 2. The van der Waals surface area contributed by atoms with Crippen molar-refractivity contribution in [3.05, 3.63) is 15.9 Å². The van der Waals surface area contributed by atoms with E-state index < -0.39 is 0 Å². The van der Waals surface area contributed by atoms with Crippen molar-refractivity contribution in [1.82, 2.24) is 15.1 Å². The van der Waals surface area contributed by atoms with Crippen molar-refractivity contribution in [1.29, 1.82) is 0 Å². The zero-order chi connectivity index (χ0) is 13.8. The monoisotopic (exact) mass is 327 g/mol. The molecule has 1 saturated carbocycles. The van der Waals surface area contributed by atoms with Crippen LogP contribution >= 0.6 is 15.9 Å². The van der Waals surface area contributed by atoms with Gasteiger partial charge >= 0.3 is 0 Å². The molecule has 2 unspecified atom stereocenters. The standard InChI is InChI=1S/C15H26BrN3/c1-4-19-14(15(16)12(3)18-19)10-17-9-13-7-5-6-11(2)8-13/h11,13,17H,4-10H2,1-3H3. The van der Waals surface area contributed by atoms with E-state index in [1.54, 1.807) is 0 Å². The third kappa shape index (κ3) is 3.82. The summed E-state index contributed by atoms with van der Waals surface area (Å²) in [4.78, 5) is 0. The summed E-state index contributed by atoms with van der Waals surface area (Å²) in [5, 5.41) is 8.17. The number of hydrogen-bond acceptors (Lipinski definition) is 2. The Morgan fingerprint density at radius 3 is 2.89 bits per heavy atom. The van der Waals surface area contributed by atoms with Crippen LogP contribution in [0.1, 0.15) is 50.9 Å². The average Bonchev–Trinajstić information content (AvgIpc) is 2.66. The van der Waals surface area contributed by atoms with Crippen LogP contribution < -0.4 is 5.32 Å². The molecular weight excluding hydrogens is 302 g/mol. The van der Waals surface area contributed by atoms with E-state index in [4.69, 9.17) is 0 Å². The molecule has 1 aromatic rings. The molecular formula is C15H26BrN3.